The standard InChI is InChI=1S/C21H28ClN3O4S/c1-5-15-9-11-18(22)17(6-2)21(15)23-19(26)14-24-13-16(10-12-20(24)27)30(28,29)25(7-3)8-4/h9-13H,5-8,14H2,1-4H3,(H,23,26). The van der Waals surface area contributed by atoms with Gasteiger partial charge < -0.3 is 9.88 Å². The predicted octanol–water partition coefficient (Wildman–Crippen LogP) is 3.30. The number of carbonyl (C=O) groups is 1. The molecule has 164 valence electrons. The van der Waals surface area contributed by atoms with Crippen molar-refractivity contribution in [3.05, 3.63) is 57.0 Å². The quantitative estimate of drug-likeness (QED) is 0.630. The number of anilines is 1. The number of sulfonamides is 1. The fourth-order valence-electron chi connectivity index (χ4n) is 3.30. The van der Waals surface area contributed by atoms with Crippen LogP contribution in [0.1, 0.15) is 38.8 Å². The second-order valence-electron chi connectivity index (χ2n) is 6.74. The zero-order valence-corrected chi connectivity index (χ0v) is 19.3. The molecule has 0 saturated heterocycles. The first-order valence-corrected chi connectivity index (χ1v) is 11.8. The minimum Gasteiger partial charge on any atom is -0.324 e. The van der Waals surface area contributed by atoms with Gasteiger partial charge in [0, 0.05) is 36.1 Å². The Morgan fingerprint density at radius 1 is 1.07 bits per heavy atom. The van der Waals surface area contributed by atoms with Gasteiger partial charge in [0.15, 0.2) is 0 Å². The molecule has 1 heterocycles. The lowest BCUT2D eigenvalue weighted by Crippen LogP contribution is -2.33. The van der Waals surface area contributed by atoms with Crippen LogP contribution >= 0.6 is 11.6 Å². The van der Waals surface area contributed by atoms with E-state index >= 15 is 0 Å². The molecule has 2 rings (SSSR count). The average molecular weight is 454 g/mol. The zero-order valence-electron chi connectivity index (χ0n) is 17.7. The van der Waals surface area contributed by atoms with Gasteiger partial charge >= 0.3 is 0 Å². The molecule has 1 N–H and O–H groups in total. The van der Waals surface area contributed by atoms with Crippen LogP contribution in [0.15, 0.2) is 40.2 Å². The molecule has 0 radical (unpaired) electrons. The summed E-state index contributed by atoms with van der Waals surface area (Å²) < 4.78 is 27.9. The van der Waals surface area contributed by atoms with Crippen molar-refractivity contribution >= 4 is 33.2 Å². The summed E-state index contributed by atoms with van der Waals surface area (Å²) in [4.78, 5) is 24.9. The summed E-state index contributed by atoms with van der Waals surface area (Å²) in [6, 6.07) is 6.10. The number of aromatic nitrogens is 1. The first-order valence-electron chi connectivity index (χ1n) is 10.00. The maximum atomic E-state index is 12.7. The van der Waals surface area contributed by atoms with Crippen molar-refractivity contribution in [2.24, 2.45) is 0 Å². The predicted molar refractivity (Wildman–Crippen MR) is 120 cm³/mol. The van der Waals surface area contributed by atoms with E-state index in [2.05, 4.69) is 5.32 Å². The lowest BCUT2D eigenvalue weighted by molar-refractivity contribution is -0.116. The van der Waals surface area contributed by atoms with Crippen LogP contribution in [-0.4, -0.2) is 36.3 Å². The molecule has 1 aromatic carbocycles. The van der Waals surface area contributed by atoms with Gasteiger partial charge in [0.05, 0.1) is 4.90 Å². The van der Waals surface area contributed by atoms with Crippen LogP contribution in [0, 0.1) is 0 Å². The van der Waals surface area contributed by atoms with Gasteiger partial charge in [0.2, 0.25) is 15.9 Å². The normalized spacial score (nSPS) is 11.7. The van der Waals surface area contributed by atoms with Crippen LogP contribution < -0.4 is 10.9 Å². The maximum absolute atomic E-state index is 12.7. The molecule has 1 amide bonds. The van der Waals surface area contributed by atoms with Crippen molar-refractivity contribution in [2.45, 2.75) is 52.0 Å². The Bertz CT molecular complexity index is 1080. The van der Waals surface area contributed by atoms with Crippen LogP contribution in [0.2, 0.25) is 5.02 Å². The van der Waals surface area contributed by atoms with Crippen molar-refractivity contribution in [2.75, 3.05) is 18.4 Å². The highest BCUT2D eigenvalue weighted by atomic mass is 35.5. The monoisotopic (exact) mass is 453 g/mol. The Labute approximate surface area is 182 Å². The van der Waals surface area contributed by atoms with Crippen molar-refractivity contribution < 1.29 is 13.2 Å². The maximum Gasteiger partial charge on any atom is 0.251 e. The number of halogens is 1. The smallest absolute Gasteiger partial charge is 0.251 e. The van der Waals surface area contributed by atoms with E-state index in [-0.39, 0.29) is 11.4 Å². The van der Waals surface area contributed by atoms with Gasteiger partial charge in [-0.15, -0.1) is 0 Å². The molecule has 1 aromatic heterocycles. The van der Waals surface area contributed by atoms with E-state index in [1.54, 1.807) is 19.9 Å². The van der Waals surface area contributed by atoms with Crippen molar-refractivity contribution in [1.29, 1.82) is 0 Å². The van der Waals surface area contributed by atoms with Gasteiger partial charge in [-0.2, -0.15) is 4.31 Å². The van der Waals surface area contributed by atoms with E-state index in [9.17, 15) is 18.0 Å². The number of benzene rings is 1. The number of nitrogens with one attached hydrogen (secondary N) is 1. The Hall–Kier alpha value is -2.16. The van der Waals surface area contributed by atoms with Crippen LogP contribution in [-0.2, 0) is 34.2 Å². The van der Waals surface area contributed by atoms with E-state index < -0.39 is 21.5 Å². The molecular weight excluding hydrogens is 426 g/mol. The Morgan fingerprint density at radius 3 is 2.30 bits per heavy atom. The van der Waals surface area contributed by atoms with E-state index in [0.717, 1.165) is 21.8 Å². The van der Waals surface area contributed by atoms with E-state index in [4.69, 9.17) is 11.6 Å². The van der Waals surface area contributed by atoms with Gasteiger partial charge in [0.25, 0.3) is 5.56 Å². The number of carbonyl (C=O) groups excluding carboxylic acids is 1. The van der Waals surface area contributed by atoms with Crippen molar-refractivity contribution in [3.8, 4) is 0 Å². The minimum absolute atomic E-state index is 0.0233. The van der Waals surface area contributed by atoms with Crippen molar-refractivity contribution in [1.82, 2.24) is 8.87 Å². The van der Waals surface area contributed by atoms with Crippen LogP contribution in [0.3, 0.4) is 0 Å². The molecule has 0 unspecified atom stereocenters. The van der Waals surface area contributed by atoms with E-state index in [0.29, 0.717) is 36.6 Å². The fourth-order valence-corrected chi connectivity index (χ4v) is 5.07. The molecule has 0 aliphatic heterocycles. The third-order valence-corrected chi connectivity index (χ3v) is 7.34. The van der Waals surface area contributed by atoms with Gasteiger partial charge in [0.1, 0.15) is 6.54 Å². The number of hydrogen-bond acceptors (Lipinski definition) is 4. The average Bonchev–Trinajstić information content (AvgIpc) is 2.70. The lowest BCUT2D eigenvalue weighted by Gasteiger charge is -2.19. The summed E-state index contributed by atoms with van der Waals surface area (Å²) >= 11 is 6.28. The van der Waals surface area contributed by atoms with Crippen LogP contribution in [0.4, 0.5) is 5.69 Å². The minimum atomic E-state index is -3.74. The molecule has 0 aliphatic carbocycles. The highest BCUT2D eigenvalue weighted by Gasteiger charge is 2.23. The molecule has 0 bridgehead atoms. The topological polar surface area (TPSA) is 88.5 Å². The second kappa shape index (κ2) is 10.2. The van der Waals surface area contributed by atoms with Gasteiger partial charge in [-0.05, 0) is 36.1 Å². The second-order valence-corrected chi connectivity index (χ2v) is 9.08. The lowest BCUT2D eigenvalue weighted by atomic mass is 10.0. The molecule has 0 aliphatic rings. The first kappa shape index (κ1) is 24.1. The van der Waals surface area contributed by atoms with Gasteiger partial charge in [-0.25, -0.2) is 8.42 Å². The van der Waals surface area contributed by atoms with Gasteiger partial charge in [-0.1, -0.05) is 45.4 Å². The van der Waals surface area contributed by atoms with Gasteiger partial charge in [-0.3, -0.25) is 9.59 Å². The molecule has 0 atom stereocenters. The summed E-state index contributed by atoms with van der Waals surface area (Å²) in [6.45, 7) is 7.73. The largest absolute Gasteiger partial charge is 0.324 e. The highest BCUT2D eigenvalue weighted by Crippen LogP contribution is 2.29. The summed E-state index contributed by atoms with van der Waals surface area (Å²) in [5, 5.41) is 3.42. The number of aryl methyl sites for hydroxylation is 1. The number of hydrogen-bond donors (Lipinski definition) is 1. The molecule has 9 heteroatoms. The molecule has 2 aromatic rings. The Morgan fingerprint density at radius 2 is 1.73 bits per heavy atom. The first-order chi connectivity index (χ1) is 14.2. The number of nitrogens with zero attached hydrogens (tertiary/aromatic N) is 2. The van der Waals surface area contributed by atoms with Crippen LogP contribution in [0.25, 0.3) is 0 Å². The molecule has 7 nitrogen and oxygen atoms in total. The summed E-state index contributed by atoms with van der Waals surface area (Å²) in [5.41, 5.74) is 1.96. The van der Waals surface area contributed by atoms with E-state index in [1.165, 1.54) is 16.6 Å². The summed E-state index contributed by atoms with van der Waals surface area (Å²) in [6.07, 6.45) is 2.56. The fraction of sp³-hybridized carbons (Fsp3) is 0.429. The van der Waals surface area contributed by atoms with E-state index in [1.807, 2.05) is 19.9 Å². The molecule has 0 fully saturated rings. The third kappa shape index (κ3) is 5.11. The SMILES string of the molecule is CCc1ccc(Cl)c(CC)c1NC(=O)Cn1cc(S(=O)(=O)N(CC)CC)ccc1=O. The third-order valence-electron chi connectivity index (χ3n) is 4.95. The zero-order chi connectivity index (χ0) is 22.5. The number of amides is 1. The molecule has 30 heavy (non-hydrogen) atoms. The van der Waals surface area contributed by atoms with Crippen LogP contribution in [0.5, 0.6) is 0 Å². The Balaban J connectivity index is 2.35. The molecule has 0 spiro atoms. The molecular formula is C21H28ClN3O4S. The number of pyridine rings is 1. The Kier molecular flexibility index (Phi) is 8.23. The van der Waals surface area contributed by atoms with Crippen molar-refractivity contribution in [3.63, 3.8) is 0 Å². The molecule has 0 saturated carbocycles. The number of rotatable bonds is 9. The highest BCUT2D eigenvalue weighted by molar-refractivity contribution is 7.89. The summed E-state index contributed by atoms with van der Waals surface area (Å²) in [5.74, 6) is -0.429. The summed E-state index contributed by atoms with van der Waals surface area (Å²) in [7, 11) is -3.74.